The molecule has 0 unspecified atom stereocenters. The van der Waals surface area contributed by atoms with Crippen molar-refractivity contribution in [3.63, 3.8) is 0 Å². The molecule has 1 saturated heterocycles. The van der Waals surface area contributed by atoms with E-state index in [9.17, 15) is 0 Å². The van der Waals surface area contributed by atoms with Crippen LogP contribution in [0.5, 0.6) is 0 Å². The van der Waals surface area contributed by atoms with E-state index in [1.165, 1.54) is 42.4 Å². The number of thioether (sulfide) groups is 1. The van der Waals surface area contributed by atoms with Gasteiger partial charge in [-0.25, -0.2) is 0 Å². The Bertz CT molecular complexity index is 616. The van der Waals surface area contributed by atoms with Gasteiger partial charge in [0.25, 0.3) is 0 Å². The summed E-state index contributed by atoms with van der Waals surface area (Å²) < 4.78 is 1.74. The SMILES string of the molecule is CSc1nnc(Sc2nc(Cl)nc(N3CCCCC3)n2)s1. The minimum absolute atomic E-state index is 0.225. The molecule has 0 amide bonds. The van der Waals surface area contributed by atoms with Crippen LogP contribution in [0.2, 0.25) is 5.28 Å². The number of piperidine rings is 1. The fourth-order valence-corrected chi connectivity index (χ4v) is 4.50. The van der Waals surface area contributed by atoms with Crippen LogP contribution in [-0.2, 0) is 0 Å². The Balaban J connectivity index is 1.79. The first-order valence-corrected chi connectivity index (χ1v) is 9.70. The van der Waals surface area contributed by atoms with E-state index in [-0.39, 0.29) is 5.28 Å². The maximum atomic E-state index is 6.03. The summed E-state index contributed by atoms with van der Waals surface area (Å²) in [7, 11) is 0. The van der Waals surface area contributed by atoms with Gasteiger partial charge in [0.15, 0.2) is 8.68 Å². The fourth-order valence-electron chi connectivity index (χ4n) is 2.00. The molecule has 0 aliphatic carbocycles. The lowest BCUT2D eigenvalue weighted by molar-refractivity contribution is 0.564. The molecule has 0 N–H and O–H groups in total. The topological polar surface area (TPSA) is 67.7 Å². The average molecular weight is 361 g/mol. The lowest BCUT2D eigenvalue weighted by Crippen LogP contribution is -2.31. The monoisotopic (exact) mass is 360 g/mol. The lowest BCUT2D eigenvalue weighted by Gasteiger charge is -2.26. The lowest BCUT2D eigenvalue weighted by atomic mass is 10.1. The quantitative estimate of drug-likeness (QED) is 0.770. The van der Waals surface area contributed by atoms with Crippen molar-refractivity contribution in [2.24, 2.45) is 0 Å². The Kier molecular flexibility index (Phi) is 5.15. The van der Waals surface area contributed by atoms with Gasteiger partial charge in [0, 0.05) is 13.1 Å². The molecule has 1 aliphatic rings. The normalized spacial score (nSPS) is 15.4. The number of hydrogen-bond acceptors (Lipinski definition) is 9. The zero-order chi connectivity index (χ0) is 14.7. The van der Waals surface area contributed by atoms with Crippen LogP contribution in [0, 0.1) is 0 Å². The summed E-state index contributed by atoms with van der Waals surface area (Å²) in [5.41, 5.74) is 0. The highest BCUT2D eigenvalue weighted by Crippen LogP contribution is 2.32. The van der Waals surface area contributed by atoms with Crippen molar-refractivity contribution in [1.29, 1.82) is 0 Å². The second-order valence-corrected chi connectivity index (χ2v) is 7.96. The van der Waals surface area contributed by atoms with Gasteiger partial charge in [-0.1, -0.05) is 23.1 Å². The zero-order valence-corrected chi connectivity index (χ0v) is 14.5. The largest absolute Gasteiger partial charge is 0.341 e. The van der Waals surface area contributed by atoms with Crippen molar-refractivity contribution < 1.29 is 0 Å². The average Bonchev–Trinajstić information content (AvgIpc) is 2.95. The Hall–Kier alpha value is -0.640. The van der Waals surface area contributed by atoms with Crippen LogP contribution in [-0.4, -0.2) is 44.5 Å². The molecule has 0 bridgehead atoms. The van der Waals surface area contributed by atoms with E-state index in [1.54, 1.807) is 11.8 Å². The van der Waals surface area contributed by atoms with Crippen molar-refractivity contribution in [3.05, 3.63) is 5.28 Å². The number of halogens is 1. The molecule has 3 heterocycles. The molecule has 3 rings (SSSR count). The zero-order valence-electron chi connectivity index (χ0n) is 11.3. The Morgan fingerprint density at radius 2 is 1.81 bits per heavy atom. The molecule has 112 valence electrons. The highest BCUT2D eigenvalue weighted by Gasteiger charge is 2.17. The van der Waals surface area contributed by atoms with Crippen molar-refractivity contribution in [1.82, 2.24) is 25.1 Å². The minimum Gasteiger partial charge on any atom is -0.341 e. The van der Waals surface area contributed by atoms with E-state index in [2.05, 4.69) is 30.0 Å². The van der Waals surface area contributed by atoms with Crippen LogP contribution in [0.15, 0.2) is 13.8 Å². The van der Waals surface area contributed by atoms with E-state index >= 15 is 0 Å². The summed E-state index contributed by atoms with van der Waals surface area (Å²) in [6.45, 7) is 1.94. The van der Waals surface area contributed by atoms with E-state index in [0.29, 0.717) is 11.1 Å². The first-order valence-electron chi connectivity index (χ1n) is 6.46. The summed E-state index contributed by atoms with van der Waals surface area (Å²) in [6, 6.07) is 0. The van der Waals surface area contributed by atoms with Crippen molar-refractivity contribution in [3.8, 4) is 0 Å². The highest BCUT2D eigenvalue weighted by molar-refractivity contribution is 8.02. The van der Waals surface area contributed by atoms with Gasteiger partial charge in [-0.3, -0.25) is 0 Å². The minimum atomic E-state index is 0.225. The van der Waals surface area contributed by atoms with E-state index < -0.39 is 0 Å². The van der Waals surface area contributed by atoms with Crippen LogP contribution in [0.1, 0.15) is 19.3 Å². The van der Waals surface area contributed by atoms with Gasteiger partial charge in [-0.2, -0.15) is 15.0 Å². The molecule has 0 spiro atoms. The predicted octanol–water partition coefficient (Wildman–Crippen LogP) is 3.24. The Morgan fingerprint density at radius 1 is 1.05 bits per heavy atom. The molecule has 10 heteroatoms. The van der Waals surface area contributed by atoms with Crippen LogP contribution in [0.3, 0.4) is 0 Å². The Labute approximate surface area is 140 Å². The summed E-state index contributed by atoms with van der Waals surface area (Å²) >= 11 is 10.5. The molecule has 6 nitrogen and oxygen atoms in total. The highest BCUT2D eigenvalue weighted by atomic mass is 35.5. The van der Waals surface area contributed by atoms with Crippen LogP contribution < -0.4 is 4.90 Å². The number of aromatic nitrogens is 5. The number of anilines is 1. The number of hydrogen-bond donors (Lipinski definition) is 0. The second-order valence-electron chi connectivity index (χ2n) is 4.37. The van der Waals surface area contributed by atoms with Crippen molar-refractivity contribution in [2.45, 2.75) is 33.1 Å². The summed E-state index contributed by atoms with van der Waals surface area (Å²) in [4.78, 5) is 15.1. The van der Waals surface area contributed by atoms with Crippen molar-refractivity contribution >= 4 is 52.4 Å². The van der Waals surface area contributed by atoms with Gasteiger partial charge < -0.3 is 4.90 Å². The third-order valence-corrected chi connectivity index (χ3v) is 5.94. The summed E-state index contributed by atoms with van der Waals surface area (Å²) in [5.74, 6) is 0.659. The molecule has 0 saturated carbocycles. The standard InChI is InChI=1S/C11H13ClN6S3/c1-19-10-16-17-11(21-10)20-9-14-7(12)13-8(15-9)18-5-3-2-4-6-18/h2-6H2,1H3. The fraction of sp³-hybridized carbons (Fsp3) is 0.545. The third-order valence-electron chi connectivity index (χ3n) is 2.96. The second kappa shape index (κ2) is 7.08. The maximum Gasteiger partial charge on any atom is 0.230 e. The van der Waals surface area contributed by atoms with Gasteiger partial charge >= 0.3 is 0 Å². The van der Waals surface area contributed by atoms with E-state index in [4.69, 9.17) is 11.6 Å². The molecule has 0 atom stereocenters. The van der Waals surface area contributed by atoms with E-state index in [0.717, 1.165) is 21.8 Å². The van der Waals surface area contributed by atoms with Gasteiger partial charge in [0.2, 0.25) is 16.4 Å². The maximum absolute atomic E-state index is 6.03. The summed E-state index contributed by atoms with van der Waals surface area (Å²) in [6.07, 6.45) is 5.57. The van der Waals surface area contributed by atoms with E-state index in [1.807, 2.05) is 6.26 Å². The summed E-state index contributed by atoms with van der Waals surface area (Å²) in [5, 5.41) is 8.96. The first kappa shape index (κ1) is 15.3. The molecule has 21 heavy (non-hydrogen) atoms. The predicted molar refractivity (Wildman–Crippen MR) is 86.7 cm³/mol. The molecule has 0 aromatic carbocycles. The molecule has 1 fully saturated rings. The molecule has 2 aromatic heterocycles. The van der Waals surface area contributed by atoms with Crippen LogP contribution in [0.25, 0.3) is 0 Å². The Morgan fingerprint density at radius 3 is 2.52 bits per heavy atom. The molecule has 1 aliphatic heterocycles. The number of nitrogens with zero attached hydrogens (tertiary/aromatic N) is 6. The van der Waals surface area contributed by atoms with Gasteiger partial charge in [0.05, 0.1) is 0 Å². The molecule has 2 aromatic rings. The van der Waals surface area contributed by atoms with Crippen molar-refractivity contribution in [2.75, 3.05) is 24.2 Å². The van der Waals surface area contributed by atoms with Gasteiger partial charge in [-0.05, 0) is 48.9 Å². The van der Waals surface area contributed by atoms with Gasteiger partial charge in [0.1, 0.15) is 0 Å². The van der Waals surface area contributed by atoms with Crippen LogP contribution in [0.4, 0.5) is 5.95 Å². The smallest absolute Gasteiger partial charge is 0.230 e. The van der Waals surface area contributed by atoms with Crippen LogP contribution >= 0.6 is 46.5 Å². The molecular weight excluding hydrogens is 348 g/mol. The number of rotatable bonds is 4. The first-order chi connectivity index (χ1) is 10.2. The van der Waals surface area contributed by atoms with Gasteiger partial charge in [-0.15, -0.1) is 10.2 Å². The third kappa shape index (κ3) is 3.97. The molecular formula is C11H13ClN6S3. The molecule has 0 radical (unpaired) electrons.